The van der Waals surface area contributed by atoms with Gasteiger partial charge in [0.15, 0.2) is 0 Å². The number of hydrogen-bond donors (Lipinski definition) is 0. The van der Waals surface area contributed by atoms with Crippen LogP contribution in [-0.2, 0) is 0 Å². The van der Waals surface area contributed by atoms with Gasteiger partial charge in [0.05, 0.1) is 8.66 Å². The van der Waals surface area contributed by atoms with E-state index in [0.717, 1.165) is 40.2 Å². The zero-order valence-corrected chi connectivity index (χ0v) is 12.4. The van der Waals surface area contributed by atoms with E-state index in [9.17, 15) is 4.79 Å². The lowest BCUT2D eigenvalue weighted by Crippen LogP contribution is -2.31. The van der Waals surface area contributed by atoms with Crippen molar-refractivity contribution in [2.45, 2.75) is 33.6 Å². The molecule has 1 rings (SSSR count). The van der Waals surface area contributed by atoms with Crippen LogP contribution in [0.2, 0.25) is 0 Å². The highest BCUT2D eigenvalue weighted by molar-refractivity contribution is 9.11. The molecule has 1 heterocycles. The summed E-state index contributed by atoms with van der Waals surface area (Å²) >= 11 is 4.98. The van der Waals surface area contributed by atoms with Crippen LogP contribution in [-0.4, -0.2) is 23.9 Å². The molecular formula is C12H18BrNOS. The van der Waals surface area contributed by atoms with Crippen molar-refractivity contribution in [2.75, 3.05) is 13.1 Å². The van der Waals surface area contributed by atoms with Crippen LogP contribution < -0.4 is 0 Å². The van der Waals surface area contributed by atoms with E-state index in [-0.39, 0.29) is 5.91 Å². The molecule has 0 saturated heterocycles. The number of carbonyl (C=O) groups is 1. The molecule has 0 N–H and O–H groups in total. The number of rotatable bonds is 5. The molecule has 0 spiro atoms. The molecule has 0 aliphatic carbocycles. The Morgan fingerprint density at radius 3 is 2.62 bits per heavy atom. The lowest BCUT2D eigenvalue weighted by atomic mass is 10.3. The minimum absolute atomic E-state index is 0.162. The summed E-state index contributed by atoms with van der Waals surface area (Å²) in [4.78, 5) is 14.9. The van der Waals surface area contributed by atoms with Crippen molar-refractivity contribution in [3.8, 4) is 0 Å². The third-order valence-electron chi connectivity index (χ3n) is 2.52. The summed E-state index contributed by atoms with van der Waals surface area (Å²) < 4.78 is 1.06. The molecular weight excluding hydrogens is 286 g/mol. The first-order valence-corrected chi connectivity index (χ1v) is 7.26. The number of nitrogens with zero attached hydrogens (tertiary/aromatic N) is 1. The van der Waals surface area contributed by atoms with Gasteiger partial charge in [0.1, 0.15) is 0 Å². The molecule has 16 heavy (non-hydrogen) atoms. The van der Waals surface area contributed by atoms with Crippen molar-refractivity contribution in [1.29, 1.82) is 0 Å². The molecule has 0 aliphatic rings. The first-order valence-electron chi connectivity index (χ1n) is 5.65. The molecule has 0 atom stereocenters. The minimum atomic E-state index is 0.162. The Hall–Kier alpha value is -0.350. The largest absolute Gasteiger partial charge is 0.338 e. The summed E-state index contributed by atoms with van der Waals surface area (Å²) in [6.07, 6.45) is 2.20. The number of thiophene rings is 1. The van der Waals surface area contributed by atoms with E-state index >= 15 is 0 Å². The molecule has 0 bridgehead atoms. The molecule has 1 amide bonds. The van der Waals surface area contributed by atoms with Crippen LogP contribution in [0.5, 0.6) is 0 Å². The van der Waals surface area contributed by atoms with Gasteiger partial charge >= 0.3 is 0 Å². The fourth-order valence-electron chi connectivity index (χ4n) is 1.47. The Balaban J connectivity index is 2.74. The second kappa shape index (κ2) is 6.40. The maximum atomic E-state index is 12.2. The third kappa shape index (κ3) is 3.32. The van der Waals surface area contributed by atoms with E-state index in [1.54, 1.807) is 0 Å². The lowest BCUT2D eigenvalue weighted by molar-refractivity contribution is 0.0767. The predicted molar refractivity (Wildman–Crippen MR) is 73.2 cm³/mol. The van der Waals surface area contributed by atoms with E-state index in [1.807, 2.05) is 24.8 Å². The summed E-state index contributed by atoms with van der Waals surface area (Å²) in [5.41, 5.74) is 1.14. The van der Waals surface area contributed by atoms with Crippen molar-refractivity contribution in [3.63, 3.8) is 0 Å². The van der Waals surface area contributed by atoms with Gasteiger partial charge in [0, 0.05) is 13.1 Å². The number of amides is 1. The second-order valence-electron chi connectivity index (χ2n) is 3.81. The van der Waals surface area contributed by atoms with Crippen LogP contribution in [0.4, 0.5) is 0 Å². The zero-order chi connectivity index (χ0) is 12.1. The van der Waals surface area contributed by atoms with Gasteiger partial charge < -0.3 is 4.90 Å². The van der Waals surface area contributed by atoms with Gasteiger partial charge in [-0.3, -0.25) is 4.79 Å². The van der Waals surface area contributed by atoms with Gasteiger partial charge in [-0.2, -0.15) is 0 Å². The van der Waals surface area contributed by atoms with Gasteiger partial charge in [-0.1, -0.05) is 13.3 Å². The average Bonchev–Trinajstić information content (AvgIpc) is 2.60. The molecule has 4 heteroatoms. The Bertz CT molecular complexity index is 342. The SMILES string of the molecule is CCCCN(CC)C(=O)c1cc(C)c(Br)s1. The molecule has 0 fully saturated rings. The van der Waals surface area contributed by atoms with Crippen LogP contribution in [0.3, 0.4) is 0 Å². The van der Waals surface area contributed by atoms with Crippen molar-refractivity contribution < 1.29 is 4.79 Å². The summed E-state index contributed by atoms with van der Waals surface area (Å²) in [6.45, 7) is 7.83. The number of hydrogen-bond acceptors (Lipinski definition) is 2. The first-order chi connectivity index (χ1) is 7.60. The number of aryl methyl sites for hydroxylation is 1. The van der Waals surface area contributed by atoms with Gasteiger partial charge in [-0.15, -0.1) is 11.3 Å². The van der Waals surface area contributed by atoms with Gasteiger partial charge in [-0.25, -0.2) is 0 Å². The number of unbranched alkanes of at least 4 members (excludes halogenated alkanes) is 1. The quantitative estimate of drug-likeness (QED) is 0.802. The maximum Gasteiger partial charge on any atom is 0.263 e. The van der Waals surface area contributed by atoms with Gasteiger partial charge in [-0.05, 0) is 47.8 Å². The lowest BCUT2D eigenvalue weighted by Gasteiger charge is -2.19. The van der Waals surface area contributed by atoms with Crippen molar-refractivity contribution >= 4 is 33.2 Å². The van der Waals surface area contributed by atoms with E-state index in [1.165, 1.54) is 11.3 Å². The molecule has 1 aromatic heterocycles. The molecule has 0 aliphatic heterocycles. The predicted octanol–water partition coefficient (Wildman–Crippen LogP) is 4.08. The molecule has 90 valence electrons. The fourth-order valence-corrected chi connectivity index (χ4v) is 2.98. The molecule has 0 radical (unpaired) electrons. The smallest absolute Gasteiger partial charge is 0.263 e. The maximum absolute atomic E-state index is 12.2. The third-order valence-corrected chi connectivity index (χ3v) is 4.64. The topological polar surface area (TPSA) is 20.3 Å². The Labute approximate surface area is 110 Å². The second-order valence-corrected chi connectivity index (χ2v) is 6.18. The molecule has 2 nitrogen and oxygen atoms in total. The Morgan fingerprint density at radius 2 is 2.19 bits per heavy atom. The highest BCUT2D eigenvalue weighted by atomic mass is 79.9. The fraction of sp³-hybridized carbons (Fsp3) is 0.583. The average molecular weight is 304 g/mol. The van der Waals surface area contributed by atoms with E-state index in [2.05, 4.69) is 22.9 Å². The van der Waals surface area contributed by atoms with Crippen molar-refractivity contribution in [2.24, 2.45) is 0 Å². The monoisotopic (exact) mass is 303 g/mol. The van der Waals surface area contributed by atoms with Crippen molar-refractivity contribution in [3.05, 3.63) is 20.3 Å². The summed E-state index contributed by atoms with van der Waals surface area (Å²) in [7, 11) is 0. The van der Waals surface area contributed by atoms with Crippen LogP contribution in [0, 0.1) is 6.92 Å². The molecule has 0 unspecified atom stereocenters. The van der Waals surface area contributed by atoms with Gasteiger partial charge in [0.2, 0.25) is 0 Å². The summed E-state index contributed by atoms with van der Waals surface area (Å²) in [5.74, 6) is 0.162. The van der Waals surface area contributed by atoms with E-state index in [4.69, 9.17) is 0 Å². The molecule has 0 aromatic carbocycles. The standard InChI is InChI=1S/C12H18BrNOS/c1-4-6-7-14(5-2)12(15)10-8-9(3)11(13)16-10/h8H,4-7H2,1-3H3. The van der Waals surface area contributed by atoms with Gasteiger partial charge in [0.25, 0.3) is 5.91 Å². The minimum Gasteiger partial charge on any atom is -0.338 e. The number of halogens is 1. The van der Waals surface area contributed by atoms with E-state index < -0.39 is 0 Å². The molecule has 0 saturated carbocycles. The first kappa shape index (κ1) is 13.7. The number of carbonyl (C=O) groups excluding carboxylic acids is 1. The van der Waals surface area contributed by atoms with Crippen molar-refractivity contribution in [1.82, 2.24) is 4.90 Å². The Morgan fingerprint density at radius 1 is 1.50 bits per heavy atom. The van der Waals surface area contributed by atoms with E-state index in [0.29, 0.717) is 0 Å². The summed E-state index contributed by atoms with van der Waals surface area (Å²) in [6, 6.07) is 1.96. The highest BCUT2D eigenvalue weighted by Gasteiger charge is 2.16. The normalized spacial score (nSPS) is 10.5. The zero-order valence-electron chi connectivity index (χ0n) is 10.0. The summed E-state index contributed by atoms with van der Waals surface area (Å²) in [5, 5.41) is 0. The van der Waals surface area contributed by atoms with Crippen LogP contribution in [0.1, 0.15) is 41.9 Å². The Kier molecular flexibility index (Phi) is 5.49. The van der Waals surface area contributed by atoms with Crippen LogP contribution in [0.15, 0.2) is 9.85 Å². The molecule has 1 aromatic rings. The van der Waals surface area contributed by atoms with Crippen LogP contribution >= 0.6 is 27.3 Å². The highest BCUT2D eigenvalue weighted by Crippen LogP contribution is 2.28. The van der Waals surface area contributed by atoms with Crippen LogP contribution in [0.25, 0.3) is 0 Å².